The van der Waals surface area contributed by atoms with E-state index in [9.17, 15) is 0 Å². The summed E-state index contributed by atoms with van der Waals surface area (Å²) < 4.78 is 5.44. The first-order valence-electron chi connectivity index (χ1n) is 8.44. The molecule has 0 radical (unpaired) electrons. The molecular formula is C19H25N3O. The van der Waals surface area contributed by atoms with Gasteiger partial charge in [0.1, 0.15) is 5.82 Å². The lowest BCUT2D eigenvalue weighted by Crippen LogP contribution is -2.37. The van der Waals surface area contributed by atoms with Crippen molar-refractivity contribution >= 4 is 0 Å². The van der Waals surface area contributed by atoms with Crippen LogP contribution in [0.3, 0.4) is 0 Å². The molecule has 23 heavy (non-hydrogen) atoms. The van der Waals surface area contributed by atoms with Crippen molar-refractivity contribution in [2.24, 2.45) is 0 Å². The van der Waals surface area contributed by atoms with E-state index in [1.165, 1.54) is 5.56 Å². The van der Waals surface area contributed by atoms with Crippen molar-refractivity contribution in [2.45, 2.75) is 33.2 Å². The topological polar surface area (TPSA) is 38.2 Å². The number of morpholine rings is 1. The zero-order valence-corrected chi connectivity index (χ0v) is 14.2. The summed E-state index contributed by atoms with van der Waals surface area (Å²) in [5.41, 5.74) is 4.61. The molecule has 2 heterocycles. The summed E-state index contributed by atoms with van der Waals surface area (Å²) in [4.78, 5) is 11.5. The van der Waals surface area contributed by atoms with Gasteiger partial charge >= 0.3 is 0 Å². The van der Waals surface area contributed by atoms with Crippen LogP contribution in [-0.4, -0.2) is 41.2 Å². The highest BCUT2D eigenvalue weighted by molar-refractivity contribution is 5.60. The molecule has 1 aromatic heterocycles. The van der Waals surface area contributed by atoms with Crippen LogP contribution in [0.1, 0.15) is 37.0 Å². The lowest BCUT2D eigenvalue weighted by atomic mass is 10.0. The van der Waals surface area contributed by atoms with Gasteiger partial charge in [-0.05, 0) is 31.9 Å². The summed E-state index contributed by atoms with van der Waals surface area (Å²) in [5.74, 6) is 0.838. The van der Waals surface area contributed by atoms with Crippen molar-refractivity contribution in [3.8, 4) is 11.3 Å². The summed E-state index contributed by atoms with van der Waals surface area (Å²) in [6.45, 7) is 10.0. The standard InChI is InChI=1S/C19H25N3O/c1-4-18-13-19(21-15(3)20-18)17-7-5-16(6-8-17)14(2)22-9-11-23-12-10-22/h5-8,13-14H,4,9-12H2,1-3H3/t14-/m0/s1. The normalized spacial score (nSPS) is 17.2. The number of aromatic nitrogens is 2. The van der Waals surface area contributed by atoms with Crippen molar-refractivity contribution in [1.82, 2.24) is 14.9 Å². The van der Waals surface area contributed by atoms with Crippen LogP contribution in [0.15, 0.2) is 30.3 Å². The molecule has 1 aliphatic rings. The maximum atomic E-state index is 5.44. The Morgan fingerprint density at radius 3 is 2.48 bits per heavy atom. The zero-order chi connectivity index (χ0) is 16.2. The second kappa shape index (κ2) is 7.20. The average molecular weight is 311 g/mol. The molecular weight excluding hydrogens is 286 g/mol. The molecule has 1 saturated heterocycles. The van der Waals surface area contributed by atoms with E-state index in [4.69, 9.17) is 4.74 Å². The number of rotatable bonds is 4. The fourth-order valence-corrected chi connectivity index (χ4v) is 3.07. The number of nitrogens with zero attached hydrogens (tertiary/aromatic N) is 3. The predicted octanol–water partition coefficient (Wildman–Crippen LogP) is 3.41. The quantitative estimate of drug-likeness (QED) is 0.867. The lowest BCUT2D eigenvalue weighted by Gasteiger charge is -2.32. The van der Waals surface area contributed by atoms with Gasteiger partial charge in [-0.25, -0.2) is 9.97 Å². The highest BCUT2D eigenvalue weighted by Gasteiger charge is 2.18. The van der Waals surface area contributed by atoms with Gasteiger partial charge in [0.15, 0.2) is 0 Å². The van der Waals surface area contributed by atoms with E-state index in [2.05, 4.69) is 59.0 Å². The molecule has 0 saturated carbocycles. The second-order valence-corrected chi connectivity index (χ2v) is 6.09. The Labute approximate surface area is 138 Å². The summed E-state index contributed by atoms with van der Waals surface area (Å²) in [6.07, 6.45) is 0.933. The Kier molecular flexibility index (Phi) is 5.03. The smallest absolute Gasteiger partial charge is 0.126 e. The molecule has 0 aliphatic carbocycles. The summed E-state index contributed by atoms with van der Waals surface area (Å²) >= 11 is 0. The van der Waals surface area contributed by atoms with E-state index < -0.39 is 0 Å². The summed E-state index contributed by atoms with van der Waals surface area (Å²) in [6, 6.07) is 11.3. The van der Waals surface area contributed by atoms with E-state index in [0.29, 0.717) is 6.04 Å². The second-order valence-electron chi connectivity index (χ2n) is 6.09. The molecule has 1 aromatic carbocycles. The van der Waals surface area contributed by atoms with Crippen LogP contribution in [0, 0.1) is 6.92 Å². The highest BCUT2D eigenvalue weighted by Crippen LogP contribution is 2.25. The minimum absolute atomic E-state index is 0.422. The SMILES string of the molecule is CCc1cc(-c2ccc([C@H](C)N3CCOCC3)cc2)nc(C)n1. The summed E-state index contributed by atoms with van der Waals surface area (Å²) in [5, 5.41) is 0. The molecule has 0 spiro atoms. The first-order chi connectivity index (χ1) is 11.2. The molecule has 3 rings (SSSR count). The van der Waals surface area contributed by atoms with Gasteiger partial charge < -0.3 is 4.74 Å². The largest absolute Gasteiger partial charge is 0.379 e. The highest BCUT2D eigenvalue weighted by atomic mass is 16.5. The Morgan fingerprint density at radius 1 is 1.13 bits per heavy atom. The van der Waals surface area contributed by atoms with Crippen LogP contribution < -0.4 is 0 Å². The number of hydrogen-bond acceptors (Lipinski definition) is 4. The Bertz CT molecular complexity index is 648. The molecule has 1 fully saturated rings. The van der Waals surface area contributed by atoms with E-state index >= 15 is 0 Å². The third-order valence-electron chi connectivity index (χ3n) is 4.54. The Hall–Kier alpha value is -1.78. The summed E-state index contributed by atoms with van der Waals surface area (Å²) in [7, 11) is 0. The van der Waals surface area contributed by atoms with E-state index in [0.717, 1.165) is 55.5 Å². The molecule has 4 heteroatoms. The van der Waals surface area contributed by atoms with Crippen molar-refractivity contribution in [1.29, 1.82) is 0 Å². The third kappa shape index (κ3) is 3.77. The van der Waals surface area contributed by atoms with Gasteiger partial charge in [-0.1, -0.05) is 31.2 Å². The zero-order valence-electron chi connectivity index (χ0n) is 14.2. The average Bonchev–Trinajstić information content (AvgIpc) is 2.61. The maximum absolute atomic E-state index is 5.44. The molecule has 2 aromatic rings. The molecule has 1 atom stereocenters. The van der Waals surface area contributed by atoms with Crippen LogP contribution in [0.25, 0.3) is 11.3 Å². The maximum Gasteiger partial charge on any atom is 0.126 e. The van der Waals surface area contributed by atoms with Gasteiger partial charge in [0, 0.05) is 30.4 Å². The van der Waals surface area contributed by atoms with Gasteiger partial charge in [-0.2, -0.15) is 0 Å². The van der Waals surface area contributed by atoms with Gasteiger partial charge in [0.2, 0.25) is 0 Å². The van der Waals surface area contributed by atoms with Gasteiger partial charge in [0.25, 0.3) is 0 Å². The predicted molar refractivity (Wildman–Crippen MR) is 92.4 cm³/mol. The molecule has 122 valence electrons. The van der Waals surface area contributed by atoms with Gasteiger partial charge in [-0.3, -0.25) is 4.90 Å². The molecule has 4 nitrogen and oxygen atoms in total. The van der Waals surface area contributed by atoms with Crippen molar-refractivity contribution < 1.29 is 4.74 Å². The first-order valence-corrected chi connectivity index (χ1v) is 8.44. The number of hydrogen-bond donors (Lipinski definition) is 0. The van der Waals surface area contributed by atoms with Crippen LogP contribution >= 0.6 is 0 Å². The first kappa shape index (κ1) is 16.1. The van der Waals surface area contributed by atoms with E-state index in [1.54, 1.807) is 0 Å². The molecule has 0 bridgehead atoms. The van der Waals surface area contributed by atoms with Crippen LogP contribution in [0.4, 0.5) is 0 Å². The van der Waals surface area contributed by atoms with Crippen LogP contribution in [-0.2, 0) is 11.2 Å². The minimum Gasteiger partial charge on any atom is -0.379 e. The van der Waals surface area contributed by atoms with Crippen LogP contribution in [0.5, 0.6) is 0 Å². The monoisotopic (exact) mass is 311 g/mol. The Balaban J connectivity index is 1.80. The molecule has 0 amide bonds. The number of aryl methyl sites for hydroxylation is 2. The minimum atomic E-state index is 0.422. The molecule has 1 aliphatic heterocycles. The van der Waals surface area contributed by atoms with E-state index in [1.807, 2.05) is 6.92 Å². The van der Waals surface area contributed by atoms with Crippen molar-refractivity contribution in [3.63, 3.8) is 0 Å². The number of benzene rings is 1. The lowest BCUT2D eigenvalue weighted by molar-refractivity contribution is 0.0198. The van der Waals surface area contributed by atoms with Crippen molar-refractivity contribution in [3.05, 3.63) is 47.4 Å². The van der Waals surface area contributed by atoms with Gasteiger partial charge in [-0.15, -0.1) is 0 Å². The third-order valence-corrected chi connectivity index (χ3v) is 4.54. The van der Waals surface area contributed by atoms with E-state index in [-0.39, 0.29) is 0 Å². The fourth-order valence-electron chi connectivity index (χ4n) is 3.07. The van der Waals surface area contributed by atoms with Crippen LogP contribution in [0.2, 0.25) is 0 Å². The fraction of sp³-hybridized carbons (Fsp3) is 0.474. The van der Waals surface area contributed by atoms with Crippen molar-refractivity contribution in [2.75, 3.05) is 26.3 Å². The van der Waals surface area contributed by atoms with Gasteiger partial charge in [0.05, 0.1) is 18.9 Å². The Morgan fingerprint density at radius 2 is 1.83 bits per heavy atom. The number of ether oxygens (including phenoxy) is 1. The molecule has 0 unspecified atom stereocenters. The molecule has 0 N–H and O–H groups in total.